The summed E-state index contributed by atoms with van der Waals surface area (Å²) >= 11 is 0. The summed E-state index contributed by atoms with van der Waals surface area (Å²) in [4.78, 5) is 4.63. The van der Waals surface area contributed by atoms with Gasteiger partial charge in [0.2, 0.25) is 0 Å². The van der Waals surface area contributed by atoms with Gasteiger partial charge in [-0.1, -0.05) is 18.2 Å². The second-order valence-corrected chi connectivity index (χ2v) is 6.21. The molecule has 1 aliphatic heterocycles. The molecule has 1 saturated heterocycles. The second kappa shape index (κ2) is 5.11. The summed E-state index contributed by atoms with van der Waals surface area (Å²) in [5.41, 5.74) is 6.59. The first-order chi connectivity index (χ1) is 10.4. The maximum atomic E-state index is 4.63. The first kappa shape index (κ1) is 13.8. The van der Waals surface area contributed by atoms with Gasteiger partial charge in [-0.15, -0.1) is 12.4 Å². The van der Waals surface area contributed by atoms with Gasteiger partial charge in [0.1, 0.15) is 6.33 Å². The molecular formula is C18H18ClN3. The van der Waals surface area contributed by atoms with Gasteiger partial charge in [0.25, 0.3) is 0 Å². The second-order valence-electron chi connectivity index (χ2n) is 6.21. The number of hydrogen-bond acceptors (Lipinski definition) is 2. The summed E-state index contributed by atoms with van der Waals surface area (Å²) < 4.78 is 2.20. The maximum Gasteiger partial charge on any atom is 0.100 e. The summed E-state index contributed by atoms with van der Waals surface area (Å²) in [7, 11) is 0. The average Bonchev–Trinajstić information content (AvgIpc) is 3.06. The van der Waals surface area contributed by atoms with Gasteiger partial charge in [0.15, 0.2) is 0 Å². The molecule has 0 spiro atoms. The minimum atomic E-state index is 0. The van der Waals surface area contributed by atoms with Gasteiger partial charge in [-0.25, -0.2) is 4.98 Å². The highest BCUT2D eigenvalue weighted by Gasteiger charge is 2.34. The number of piperidine rings is 1. The van der Waals surface area contributed by atoms with Crippen molar-refractivity contribution < 1.29 is 0 Å². The third kappa shape index (κ3) is 1.89. The summed E-state index contributed by atoms with van der Waals surface area (Å²) in [5, 5.41) is 3.56. The number of benzene rings is 2. The number of nitrogens with one attached hydrogen (secondary N) is 1. The zero-order valence-corrected chi connectivity index (χ0v) is 13.0. The van der Waals surface area contributed by atoms with E-state index in [1.807, 2.05) is 6.33 Å². The molecule has 2 aromatic carbocycles. The van der Waals surface area contributed by atoms with E-state index >= 15 is 0 Å². The molecule has 2 unspecified atom stereocenters. The fourth-order valence-corrected chi connectivity index (χ4v) is 4.00. The van der Waals surface area contributed by atoms with E-state index in [0.717, 1.165) is 18.6 Å². The number of para-hydroxylation sites is 1. The number of aromatic nitrogens is 2. The Hall–Kier alpha value is -1.84. The molecule has 4 heteroatoms. The molecule has 2 aliphatic rings. The normalized spacial score (nSPS) is 22.4. The van der Waals surface area contributed by atoms with Crippen LogP contribution >= 0.6 is 12.4 Å². The molecule has 3 nitrogen and oxygen atoms in total. The van der Waals surface area contributed by atoms with Gasteiger partial charge < -0.3 is 5.32 Å². The van der Waals surface area contributed by atoms with Crippen molar-refractivity contribution in [1.29, 1.82) is 0 Å². The highest BCUT2D eigenvalue weighted by Crippen LogP contribution is 2.44. The van der Waals surface area contributed by atoms with Gasteiger partial charge in [0, 0.05) is 18.8 Å². The van der Waals surface area contributed by atoms with Crippen molar-refractivity contribution in [3.05, 3.63) is 59.9 Å². The fourth-order valence-electron chi connectivity index (χ4n) is 4.00. The Bertz CT molecular complexity index is 825. The summed E-state index contributed by atoms with van der Waals surface area (Å²) in [6, 6.07) is 15.2. The molecule has 1 N–H and O–H groups in total. The monoisotopic (exact) mass is 311 g/mol. The predicted molar refractivity (Wildman–Crippen MR) is 91.3 cm³/mol. The lowest BCUT2D eigenvalue weighted by Gasteiger charge is -2.19. The summed E-state index contributed by atoms with van der Waals surface area (Å²) in [6.45, 7) is 2.24. The quantitative estimate of drug-likeness (QED) is 0.744. The molecule has 5 rings (SSSR count). The minimum Gasteiger partial charge on any atom is -0.316 e. The zero-order chi connectivity index (χ0) is 13.8. The molecule has 0 amide bonds. The number of rotatable bonds is 1. The van der Waals surface area contributed by atoms with Crippen molar-refractivity contribution in [2.45, 2.75) is 18.3 Å². The molecule has 3 aromatic rings. The molecular weight excluding hydrogens is 294 g/mol. The molecule has 2 heterocycles. The third-order valence-electron chi connectivity index (χ3n) is 5.02. The van der Waals surface area contributed by atoms with Crippen LogP contribution in [0.3, 0.4) is 0 Å². The van der Waals surface area contributed by atoms with Crippen molar-refractivity contribution in [3.8, 4) is 5.69 Å². The molecule has 22 heavy (non-hydrogen) atoms. The first-order valence-electron chi connectivity index (χ1n) is 7.67. The van der Waals surface area contributed by atoms with Crippen LogP contribution in [0, 0.1) is 0 Å². The maximum absolute atomic E-state index is 4.63. The molecule has 1 aromatic heterocycles. The van der Waals surface area contributed by atoms with Crippen molar-refractivity contribution >= 4 is 23.4 Å². The Morgan fingerprint density at radius 3 is 2.50 bits per heavy atom. The third-order valence-corrected chi connectivity index (χ3v) is 5.02. The van der Waals surface area contributed by atoms with E-state index in [0.29, 0.717) is 11.8 Å². The Balaban J connectivity index is 0.00000125. The number of nitrogens with zero attached hydrogens (tertiary/aromatic N) is 2. The van der Waals surface area contributed by atoms with Crippen molar-refractivity contribution in [1.82, 2.24) is 14.9 Å². The SMILES string of the molecule is Cl.c1ccc(-n2cnc3cc4c(cc32)C2CNCC4C2)cc1. The lowest BCUT2D eigenvalue weighted by Crippen LogP contribution is -2.28. The summed E-state index contributed by atoms with van der Waals surface area (Å²) in [6.07, 6.45) is 3.25. The van der Waals surface area contributed by atoms with Crippen molar-refractivity contribution in [3.63, 3.8) is 0 Å². The van der Waals surface area contributed by atoms with Crippen LogP contribution in [0.25, 0.3) is 16.7 Å². The van der Waals surface area contributed by atoms with Crippen LogP contribution < -0.4 is 5.32 Å². The number of imidazole rings is 1. The molecule has 2 atom stereocenters. The topological polar surface area (TPSA) is 29.9 Å². The van der Waals surface area contributed by atoms with Crippen LogP contribution in [-0.2, 0) is 0 Å². The standard InChI is InChI=1S/C18H17N3.ClH/c1-2-4-14(5-3-1)21-11-20-17-7-15-12-6-13(10-19-9-12)16(15)8-18(17)21;/h1-5,7-8,11-13,19H,6,9-10H2;1H. The largest absolute Gasteiger partial charge is 0.316 e. The van der Waals surface area contributed by atoms with Crippen molar-refractivity contribution in [2.75, 3.05) is 13.1 Å². The van der Waals surface area contributed by atoms with E-state index in [-0.39, 0.29) is 12.4 Å². The number of halogens is 1. The average molecular weight is 312 g/mol. The van der Waals surface area contributed by atoms with E-state index in [1.165, 1.54) is 28.8 Å². The van der Waals surface area contributed by atoms with E-state index in [2.05, 4.69) is 57.3 Å². The molecule has 1 aliphatic carbocycles. The lowest BCUT2D eigenvalue weighted by molar-refractivity contribution is 0.454. The highest BCUT2D eigenvalue weighted by atomic mass is 35.5. The van der Waals surface area contributed by atoms with E-state index in [9.17, 15) is 0 Å². The van der Waals surface area contributed by atoms with E-state index in [1.54, 1.807) is 0 Å². The van der Waals surface area contributed by atoms with Gasteiger partial charge in [-0.2, -0.15) is 0 Å². The molecule has 0 radical (unpaired) electrons. The first-order valence-corrected chi connectivity index (χ1v) is 7.67. The Morgan fingerprint density at radius 1 is 1.00 bits per heavy atom. The zero-order valence-electron chi connectivity index (χ0n) is 12.2. The lowest BCUT2D eigenvalue weighted by atomic mass is 9.98. The highest BCUT2D eigenvalue weighted by molar-refractivity contribution is 5.85. The van der Waals surface area contributed by atoms with Crippen molar-refractivity contribution in [2.24, 2.45) is 0 Å². The van der Waals surface area contributed by atoms with Crippen LogP contribution in [-0.4, -0.2) is 22.6 Å². The van der Waals surface area contributed by atoms with Gasteiger partial charge in [-0.05, 0) is 53.6 Å². The van der Waals surface area contributed by atoms with Gasteiger partial charge >= 0.3 is 0 Å². The molecule has 2 bridgehead atoms. The van der Waals surface area contributed by atoms with E-state index < -0.39 is 0 Å². The Labute approximate surface area is 135 Å². The van der Waals surface area contributed by atoms with Crippen LogP contribution in [0.1, 0.15) is 29.4 Å². The van der Waals surface area contributed by atoms with Crippen LogP contribution in [0.15, 0.2) is 48.8 Å². The fraction of sp³-hybridized carbons (Fsp3) is 0.278. The predicted octanol–water partition coefficient (Wildman–Crippen LogP) is 3.62. The van der Waals surface area contributed by atoms with Gasteiger partial charge in [0.05, 0.1) is 11.0 Å². The van der Waals surface area contributed by atoms with Crippen LogP contribution in [0.4, 0.5) is 0 Å². The molecule has 0 saturated carbocycles. The van der Waals surface area contributed by atoms with E-state index in [4.69, 9.17) is 0 Å². The van der Waals surface area contributed by atoms with Crippen LogP contribution in [0.5, 0.6) is 0 Å². The number of hydrogen-bond donors (Lipinski definition) is 1. The molecule has 1 fully saturated rings. The number of fused-ring (bicyclic) bond motifs is 6. The summed E-state index contributed by atoms with van der Waals surface area (Å²) in [5.74, 6) is 1.37. The van der Waals surface area contributed by atoms with Crippen LogP contribution in [0.2, 0.25) is 0 Å². The molecule has 112 valence electrons. The Morgan fingerprint density at radius 2 is 1.73 bits per heavy atom. The minimum absolute atomic E-state index is 0. The Kier molecular flexibility index (Phi) is 3.21. The van der Waals surface area contributed by atoms with Gasteiger partial charge in [-0.3, -0.25) is 4.57 Å². The smallest absolute Gasteiger partial charge is 0.100 e.